The van der Waals surface area contributed by atoms with Crippen LogP contribution in [0.3, 0.4) is 0 Å². The number of benzene rings is 1. The molecule has 0 aliphatic carbocycles. The Hall–Kier alpha value is -1.34. The molecule has 2 aliphatic heterocycles. The smallest absolute Gasteiger partial charge is 0.255 e. The summed E-state index contributed by atoms with van der Waals surface area (Å²) in [7, 11) is 0. The summed E-state index contributed by atoms with van der Waals surface area (Å²) in [5, 5.41) is 0.836. The Kier molecular flexibility index (Phi) is 7.35. The molecule has 0 aromatic heterocycles. The number of carbonyl (C=O) groups excluding carboxylic acids is 2. The lowest BCUT2D eigenvalue weighted by Gasteiger charge is -2.35. The van der Waals surface area contributed by atoms with E-state index in [4.69, 9.17) is 32.7 Å². The van der Waals surface area contributed by atoms with Gasteiger partial charge in [0, 0.05) is 37.8 Å². The molecule has 6 nitrogen and oxygen atoms in total. The fourth-order valence-corrected chi connectivity index (χ4v) is 3.79. The van der Waals surface area contributed by atoms with Crippen LogP contribution >= 0.6 is 23.2 Å². The highest BCUT2D eigenvalue weighted by molar-refractivity contribution is 6.36. The van der Waals surface area contributed by atoms with Crippen molar-refractivity contribution in [3.05, 3.63) is 33.8 Å². The van der Waals surface area contributed by atoms with Gasteiger partial charge in [0.25, 0.3) is 5.91 Å². The van der Waals surface area contributed by atoms with Gasteiger partial charge in [0.15, 0.2) is 0 Å². The largest absolute Gasteiger partial charge is 0.378 e. The predicted octanol–water partition coefficient (Wildman–Crippen LogP) is 2.86. The molecule has 0 bridgehead atoms. The minimum atomic E-state index is -0.135. The lowest BCUT2D eigenvalue weighted by molar-refractivity contribution is -0.134. The second kappa shape index (κ2) is 9.73. The molecule has 0 radical (unpaired) electrons. The topological polar surface area (TPSA) is 59.1 Å². The first-order valence-corrected chi connectivity index (χ1v) is 10.0. The van der Waals surface area contributed by atoms with Crippen molar-refractivity contribution >= 4 is 35.0 Å². The molecule has 148 valence electrons. The van der Waals surface area contributed by atoms with Crippen LogP contribution in [0.2, 0.25) is 10.0 Å². The van der Waals surface area contributed by atoms with Gasteiger partial charge in [0.2, 0.25) is 5.91 Å². The van der Waals surface area contributed by atoms with Gasteiger partial charge in [-0.25, -0.2) is 0 Å². The zero-order valence-corrected chi connectivity index (χ0v) is 16.7. The molecule has 0 spiro atoms. The predicted molar refractivity (Wildman–Crippen MR) is 103 cm³/mol. The van der Waals surface area contributed by atoms with Gasteiger partial charge >= 0.3 is 0 Å². The summed E-state index contributed by atoms with van der Waals surface area (Å²) < 4.78 is 11.0. The maximum atomic E-state index is 12.6. The third-order valence-corrected chi connectivity index (χ3v) is 5.42. The monoisotopic (exact) mass is 414 g/mol. The van der Waals surface area contributed by atoms with Crippen molar-refractivity contribution in [2.75, 3.05) is 46.0 Å². The Balaban J connectivity index is 1.39. The molecule has 2 amide bonds. The van der Waals surface area contributed by atoms with Gasteiger partial charge in [-0.15, -0.1) is 0 Å². The van der Waals surface area contributed by atoms with Crippen molar-refractivity contribution in [1.82, 2.24) is 9.80 Å². The lowest BCUT2D eigenvalue weighted by atomic mass is 10.1. The zero-order valence-electron chi connectivity index (χ0n) is 15.2. The fraction of sp³-hybridized carbons (Fsp3) is 0.579. The van der Waals surface area contributed by atoms with E-state index in [9.17, 15) is 9.59 Å². The standard InChI is InChI=1S/C19H24Cl2N2O4/c20-14-3-4-16(17(21)12-14)19(25)23-8-6-22(7-9-23)18(24)5-11-26-13-15-2-1-10-27-15/h3-4,12,15H,1-2,5-11,13H2. The molecule has 1 atom stereocenters. The normalized spacial score (nSPS) is 20.1. The quantitative estimate of drug-likeness (QED) is 0.671. The number of hydrogen-bond donors (Lipinski definition) is 0. The number of nitrogens with zero attached hydrogens (tertiary/aromatic N) is 2. The van der Waals surface area contributed by atoms with Crippen molar-refractivity contribution in [2.24, 2.45) is 0 Å². The molecular formula is C19H24Cl2N2O4. The number of hydrogen-bond acceptors (Lipinski definition) is 4. The van der Waals surface area contributed by atoms with Gasteiger partial charge in [-0.05, 0) is 31.0 Å². The molecule has 2 saturated heterocycles. The van der Waals surface area contributed by atoms with Crippen LogP contribution in [0, 0.1) is 0 Å². The van der Waals surface area contributed by atoms with Gasteiger partial charge in [-0.2, -0.15) is 0 Å². The maximum Gasteiger partial charge on any atom is 0.255 e. The highest BCUT2D eigenvalue weighted by Gasteiger charge is 2.26. The Morgan fingerprint density at radius 1 is 1.15 bits per heavy atom. The molecular weight excluding hydrogens is 391 g/mol. The van der Waals surface area contributed by atoms with Crippen molar-refractivity contribution < 1.29 is 19.1 Å². The summed E-state index contributed by atoms with van der Waals surface area (Å²) in [5.74, 6) is -0.0809. The van der Waals surface area contributed by atoms with E-state index in [1.165, 1.54) is 0 Å². The van der Waals surface area contributed by atoms with Gasteiger partial charge in [0.05, 0.1) is 36.3 Å². The molecule has 2 fully saturated rings. The molecule has 8 heteroatoms. The van der Waals surface area contributed by atoms with Crippen molar-refractivity contribution in [2.45, 2.75) is 25.4 Å². The third kappa shape index (κ3) is 5.57. The van der Waals surface area contributed by atoms with Gasteiger partial charge in [0.1, 0.15) is 0 Å². The van der Waals surface area contributed by atoms with E-state index >= 15 is 0 Å². The second-order valence-corrected chi connectivity index (χ2v) is 7.60. The summed E-state index contributed by atoms with van der Waals surface area (Å²) >= 11 is 12.0. The van der Waals surface area contributed by atoms with E-state index in [-0.39, 0.29) is 17.9 Å². The van der Waals surface area contributed by atoms with E-state index in [0.29, 0.717) is 61.4 Å². The summed E-state index contributed by atoms with van der Waals surface area (Å²) in [5.41, 5.74) is 0.434. The Labute approximate surface area is 169 Å². The van der Waals surface area contributed by atoms with Crippen LogP contribution in [0.25, 0.3) is 0 Å². The molecule has 0 N–H and O–H groups in total. The highest BCUT2D eigenvalue weighted by Crippen LogP contribution is 2.23. The molecule has 1 aromatic rings. The molecule has 2 aliphatic rings. The SMILES string of the molecule is O=C(CCOCC1CCCO1)N1CCN(C(=O)c2ccc(Cl)cc2Cl)CC1. The number of halogens is 2. The number of ether oxygens (including phenoxy) is 2. The van der Waals surface area contributed by atoms with Crippen molar-refractivity contribution in [3.63, 3.8) is 0 Å². The lowest BCUT2D eigenvalue weighted by Crippen LogP contribution is -2.50. The van der Waals surface area contributed by atoms with Crippen molar-refractivity contribution in [3.8, 4) is 0 Å². The Morgan fingerprint density at radius 3 is 2.56 bits per heavy atom. The van der Waals surface area contributed by atoms with E-state index in [1.807, 2.05) is 0 Å². The fourth-order valence-electron chi connectivity index (χ4n) is 3.30. The summed E-state index contributed by atoms with van der Waals surface area (Å²) in [4.78, 5) is 28.4. The molecule has 2 heterocycles. The van der Waals surface area contributed by atoms with E-state index in [0.717, 1.165) is 19.4 Å². The van der Waals surface area contributed by atoms with Crippen LogP contribution in [0.4, 0.5) is 0 Å². The zero-order chi connectivity index (χ0) is 19.2. The maximum absolute atomic E-state index is 12.6. The number of carbonyl (C=O) groups is 2. The molecule has 1 unspecified atom stereocenters. The first-order chi connectivity index (χ1) is 13.0. The van der Waals surface area contributed by atoms with Crippen LogP contribution in [-0.2, 0) is 14.3 Å². The number of piperazine rings is 1. The van der Waals surface area contributed by atoms with Gasteiger partial charge < -0.3 is 19.3 Å². The summed E-state index contributed by atoms with van der Waals surface area (Å²) in [6.45, 7) is 3.76. The highest BCUT2D eigenvalue weighted by atomic mass is 35.5. The molecule has 0 saturated carbocycles. The minimum absolute atomic E-state index is 0.0546. The minimum Gasteiger partial charge on any atom is -0.378 e. The summed E-state index contributed by atoms with van der Waals surface area (Å²) in [6, 6.07) is 4.85. The van der Waals surface area contributed by atoms with E-state index < -0.39 is 0 Å². The van der Waals surface area contributed by atoms with Gasteiger partial charge in [-0.1, -0.05) is 23.2 Å². The van der Waals surface area contributed by atoms with Crippen LogP contribution in [0.1, 0.15) is 29.6 Å². The van der Waals surface area contributed by atoms with Crippen LogP contribution < -0.4 is 0 Å². The molecule has 3 rings (SSSR count). The molecule has 1 aromatic carbocycles. The van der Waals surface area contributed by atoms with Crippen LogP contribution in [-0.4, -0.2) is 73.7 Å². The first-order valence-electron chi connectivity index (χ1n) is 9.26. The van der Waals surface area contributed by atoms with Crippen LogP contribution in [0.5, 0.6) is 0 Å². The van der Waals surface area contributed by atoms with E-state index in [2.05, 4.69) is 0 Å². The Bertz CT molecular complexity index is 672. The third-order valence-electron chi connectivity index (χ3n) is 4.87. The average Bonchev–Trinajstić information content (AvgIpc) is 3.18. The van der Waals surface area contributed by atoms with Crippen LogP contribution in [0.15, 0.2) is 18.2 Å². The summed E-state index contributed by atoms with van der Waals surface area (Å²) in [6.07, 6.45) is 2.64. The number of amides is 2. The average molecular weight is 415 g/mol. The van der Waals surface area contributed by atoms with Crippen molar-refractivity contribution in [1.29, 1.82) is 0 Å². The molecule has 27 heavy (non-hydrogen) atoms. The second-order valence-electron chi connectivity index (χ2n) is 6.76. The Morgan fingerprint density at radius 2 is 1.89 bits per heavy atom. The number of rotatable bonds is 6. The van der Waals surface area contributed by atoms with Gasteiger partial charge in [-0.3, -0.25) is 9.59 Å². The first kappa shape index (κ1) is 20.4. The van der Waals surface area contributed by atoms with E-state index in [1.54, 1.807) is 28.0 Å².